The van der Waals surface area contributed by atoms with Gasteiger partial charge in [0, 0.05) is 22.8 Å². The van der Waals surface area contributed by atoms with E-state index in [1.54, 1.807) is 11.8 Å². The minimum Gasteiger partial charge on any atom is -0.429 e. The fourth-order valence-corrected chi connectivity index (χ4v) is 5.46. The molecule has 1 aliphatic heterocycles. The summed E-state index contributed by atoms with van der Waals surface area (Å²) in [6.45, 7) is 2.42. The lowest BCUT2D eigenvalue weighted by atomic mass is 9.99. The van der Waals surface area contributed by atoms with Crippen LogP contribution >= 0.6 is 11.8 Å². The van der Waals surface area contributed by atoms with Gasteiger partial charge >= 0.3 is 6.11 Å². The van der Waals surface area contributed by atoms with Gasteiger partial charge in [-0.1, -0.05) is 19.1 Å². The molecule has 0 unspecified atom stereocenters. The van der Waals surface area contributed by atoms with Crippen LogP contribution in [0.1, 0.15) is 24.3 Å². The van der Waals surface area contributed by atoms with Crippen LogP contribution in [-0.2, 0) is 15.6 Å². The summed E-state index contributed by atoms with van der Waals surface area (Å²) in [5.74, 6) is -10.3. The van der Waals surface area contributed by atoms with Crippen LogP contribution < -0.4 is 4.74 Å². The molecule has 0 atom stereocenters. The molecule has 4 aromatic rings. The standard InChI is InChI=1S/C31H21F9O3S/c1-2-44-19-13-41-30(42-14-19)17-10-24(34)28(25(35)11-17)31(39,40)43-18-4-6-20(23(33)12-18)15-3-5-21(22(32)7-15)16-8-26(36)29(38)27(37)9-16/h3-12,19,30H,2,13-14H2,1H3. The average molecular weight is 645 g/mol. The van der Waals surface area contributed by atoms with Gasteiger partial charge in [0.1, 0.15) is 34.6 Å². The second-order valence-corrected chi connectivity index (χ2v) is 11.2. The molecular weight excluding hydrogens is 623 g/mol. The lowest BCUT2D eigenvalue weighted by molar-refractivity contribution is -0.190. The Morgan fingerprint density at radius 3 is 1.82 bits per heavy atom. The molecule has 0 amide bonds. The Labute approximate surface area is 249 Å². The summed E-state index contributed by atoms with van der Waals surface area (Å²) in [4.78, 5) is 0. The topological polar surface area (TPSA) is 27.7 Å². The second-order valence-electron chi connectivity index (χ2n) is 9.64. The molecule has 232 valence electrons. The first-order valence-electron chi connectivity index (χ1n) is 13.0. The molecular formula is C31H21F9O3S. The van der Waals surface area contributed by atoms with Crippen LogP contribution in [0.25, 0.3) is 22.3 Å². The molecule has 44 heavy (non-hydrogen) atoms. The summed E-state index contributed by atoms with van der Waals surface area (Å²) < 4.78 is 145. The highest BCUT2D eigenvalue weighted by atomic mass is 32.2. The summed E-state index contributed by atoms with van der Waals surface area (Å²) in [6.07, 6.45) is -5.74. The van der Waals surface area contributed by atoms with Gasteiger partial charge in [-0.3, -0.25) is 0 Å². The van der Waals surface area contributed by atoms with Gasteiger partial charge in [0.15, 0.2) is 23.7 Å². The Balaban J connectivity index is 1.34. The van der Waals surface area contributed by atoms with E-state index in [0.29, 0.717) is 30.3 Å². The average Bonchev–Trinajstić information content (AvgIpc) is 2.95. The fourth-order valence-electron chi connectivity index (χ4n) is 4.64. The summed E-state index contributed by atoms with van der Waals surface area (Å²) in [5.41, 5.74) is -2.87. The molecule has 0 radical (unpaired) electrons. The predicted octanol–water partition coefficient (Wildman–Crippen LogP) is 9.29. The minimum absolute atomic E-state index is 0.0198. The van der Waals surface area contributed by atoms with Gasteiger partial charge in [0.05, 0.1) is 18.5 Å². The normalized spacial score (nSPS) is 17.1. The van der Waals surface area contributed by atoms with Crippen molar-refractivity contribution in [2.45, 2.75) is 24.6 Å². The van der Waals surface area contributed by atoms with Gasteiger partial charge < -0.3 is 14.2 Å². The zero-order valence-electron chi connectivity index (χ0n) is 22.6. The van der Waals surface area contributed by atoms with Crippen LogP contribution in [0.3, 0.4) is 0 Å². The smallest absolute Gasteiger partial charge is 0.429 e. The molecule has 3 nitrogen and oxygen atoms in total. The molecule has 0 spiro atoms. The van der Waals surface area contributed by atoms with Crippen LogP contribution in [-0.4, -0.2) is 24.2 Å². The number of alkyl halides is 2. The number of thioether (sulfide) groups is 1. The Hall–Kier alpha value is -3.68. The van der Waals surface area contributed by atoms with Crippen LogP contribution in [0.15, 0.2) is 60.7 Å². The van der Waals surface area contributed by atoms with Gasteiger partial charge in [0.2, 0.25) is 0 Å². The van der Waals surface area contributed by atoms with Gasteiger partial charge in [0.25, 0.3) is 0 Å². The van der Waals surface area contributed by atoms with Crippen molar-refractivity contribution >= 4 is 11.8 Å². The van der Waals surface area contributed by atoms with Crippen molar-refractivity contribution in [3.63, 3.8) is 0 Å². The fraction of sp³-hybridized carbons (Fsp3) is 0.226. The van der Waals surface area contributed by atoms with E-state index in [9.17, 15) is 39.5 Å². The van der Waals surface area contributed by atoms with Crippen molar-refractivity contribution in [1.29, 1.82) is 0 Å². The van der Waals surface area contributed by atoms with E-state index < -0.39 is 64.4 Å². The first-order valence-corrected chi connectivity index (χ1v) is 14.1. The Kier molecular flexibility index (Phi) is 9.19. The van der Waals surface area contributed by atoms with Crippen molar-refractivity contribution in [3.8, 4) is 28.0 Å². The molecule has 1 saturated heterocycles. The van der Waals surface area contributed by atoms with E-state index in [-0.39, 0.29) is 46.3 Å². The molecule has 4 aromatic carbocycles. The highest BCUT2D eigenvalue weighted by molar-refractivity contribution is 7.99. The molecule has 0 bridgehead atoms. The highest BCUT2D eigenvalue weighted by Crippen LogP contribution is 2.39. The maximum atomic E-state index is 15.0. The third kappa shape index (κ3) is 6.54. The molecule has 1 fully saturated rings. The van der Waals surface area contributed by atoms with Crippen molar-refractivity contribution < 1.29 is 53.7 Å². The van der Waals surface area contributed by atoms with Crippen molar-refractivity contribution in [2.24, 2.45) is 0 Å². The van der Waals surface area contributed by atoms with Gasteiger partial charge in [-0.15, -0.1) is 0 Å². The van der Waals surface area contributed by atoms with Crippen molar-refractivity contribution in [3.05, 3.63) is 113 Å². The number of rotatable bonds is 8. The SMILES string of the molecule is CCSC1COC(c2cc(F)c(C(F)(F)Oc3ccc(-c4ccc(-c5cc(F)c(F)c(F)c5)c(F)c4)c(F)c3)c(F)c2)OC1. The van der Waals surface area contributed by atoms with E-state index in [2.05, 4.69) is 4.74 Å². The monoisotopic (exact) mass is 644 g/mol. The van der Waals surface area contributed by atoms with Crippen LogP contribution in [0.4, 0.5) is 39.5 Å². The van der Waals surface area contributed by atoms with E-state index in [0.717, 1.165) is 30.0 Å². The van der Waals surface area contributed by atoms with Crippen molar-refractivity contribution in [2.75, 3.05) is 19.0 Å². The van der Waals surface area contributed by atoms with Crippen LogP contribution in [0.2, 0.25) is 0 Å². The summed E-state index contributed by atoms with van der Waals surface area (Å²) in [5, 5.41) is 0.0198. The minimum atomic E-state index is -4.58. The van der Waals surface area contributed by atoms with Crippen LogP contribution in [0, 0.1) is 40.7 Å². The summed E-state index contributed by atoms with van der Waals surface area (Å²) in [7, 11) is 0. The van der Waals surface area contributed by atoms with E-state index in [4.69, 9.17) is 9.47 Å². The lowest BCUT2D eigenvalue weighted by Gasteiger charge is -2.29. The predicted molar refractivity (Wildman–Crippen MR) is 145 cm³/mol. The Morgan fingerprint density at radius 2 is 1.25 bits per heavy atom. The van der Waals surface area contributed by atoms with Gasteiger partial charge in [-0.05, 0) is 59.3 Å². The van der Waals surface area contributed by atoms with Gasteiger partial charge in [-0.2, -0.15) is 20.5 Å². The number of hydrogen-bond acceptors (Lipinski definition) is 4. The molecule has 1 aliphatic rings. The third-order valence-corrected chi connectivity index (χ3v) is 7.74. The zero-order valence-corrected chi connectivity index (χ0v) is 23.4. The first-order chi connectivity index (χ1) is 20.9. The highest BCUT2D eigenvalue weighted by Gasteiger charge is 2.42. The van der Waals surface area contributed by atoms with E-state index in [1.807, 2.05) is 6.92 Å². The Morgan fingerprint density at radius 1 is 0.705 bits per heavy atom. The third-order valence-electron chi connectivity index (χ3n) is 6.66. The maximum absolute atomic E-state index is 15.0. The lowest BCUT2D eigenvalue weighted by Crippen LogP contribution is -2.30. The zero-order chi connectivity index (χ0) is 31.8. The molecule has 0 N–H and O–H groups in total. The first kappa shape index (κ1) is 31.7. The second kappa shape index (κ2) is 12.7. The molecule has 1 heterocycles. The quantitative estimate of drug-likeness (QED) is 0.141. The number of benzene rings is 4. The van der Waals surface area contributed by atoms with Crippen LogP contribution in [0.5, 0.6) is 5.75 Å². The number of halogens is 9. The molecule has 5 rings (SSSR count). The summed E-state index contributed by atoms with van der Waals surface area (Å²) in [6, 6.07) is 7.87. The summed E-state index contributed by atoms with van der Waals surface area (Å²) >= 11 is 1.57. The van der Waals surface area contributed by atoms with E-state index in [1.165, 1.54) is 6.07 Å². The molecule has 0 aliphatic carbocycles. The number of hydrogen-bond donors (Lipinski definition) is 0. The Bertz CT molecular complexity index is 1640. The number of ether oxygens (including phenoxy) is 3. The molecule has 13 heteroatoms. The van der Waals surface area contributed by atoms with E-state index >= 15 is 0 Å². The van der Waals surface area contributed by atoms with Crippen molar-refractivity contribution in [1.82, 2.24) is 0 Å². The molecule has 0 aromatic heterocycles. The largest absolute Gasteiger partial charge is 0.432 e. The maximum Gasteiger partial charge on any atom is 0.432 e. The molecule has 0 saturated carbocycles. The van der Waals surface area contributed by atoms with Gasteiger partial charge in [-0.25, -0.2) is 30.7 Å².